The lowest BCUT2D eigenvalue weighted by molar-refractivity contribution is 0.112. The third-order valence-electron chi connectivity index (χ3n) is 10.8. The molecular weight excluding hydrogens is 669 g/mol. The fourth-order valence-electron chi connectivity index (χ4n) is 7.59. The van der Waals surface area contributed by atoms with E-state index in [9.17, 15) is 5.11 Å². The summed E-state index contributed by atoms with van der Waals surface area (Å²) >= 11 is 0. The molecule has 0 aromatic heterocycles. The molecule has 1 aromatic rings. The lowest BCUT2D eigenvalue weighted by Crippen LogP contribution is -2.15. The van der Waals surface area contributed by atoms with Gasteiger partial charge >= 0.3 is 0 Å². The molecule has 54 heavy (non-hydrogen) atoms. The van der Waals surface area contributed by atoms with Crippen LogP contribution >= 0.6 is 0 Å². The summed E-state index contributed by atoms with van der Waals surface area (Å²) in [5.74, 6) is 2.20. The van der Waals surface area contributed by atoms with Crippen molar-refractivity contribution in [3.05, 3.63) is 47.2 Å². The van der Waals surface area contributed by atoms with Gasteiger partial charge in [0.2, 0.25) is 0 Å². The minimum absolute atomic E-state index is 0.225. The van der Waals surface area contributed by atoms with Crippen molar-refractivity contribution < 1.29 is 24.1 Å². The molecule has 1 atom stereocenters. The van der Waals surface area contributed by atoms with Gasteiger partial charge in [0, 0.05) is 18.6 Å². The lowest BCUT2D eigenvalue weighted by atomic mass is 9.94. The highest BCUT2D eigenvalue weighted by Gasteiger charge is 2.17. The first kappa shape index (κ1) is 48.2. The average Bonchev–Trinajstić information content (AvgIpc) is 3.17. The van der Waals surface area contributed by atoms with E-state index in [0.29, 0.717) is 32.3 Å². The number of rotatable bonds is 39. The van der Waals surface area contributed by atoms with Crippen LogP contribution in [0.4, 0.5) is 0 Å². The van der Waals surface area contributed by atoms with Crippen molar-refractivity contribution >= 4 is 0 Å². The smallest absolute Gasteiger partial charge is 0.123 e. The average molecular weight is 755 g/mol. The first-order valence-electron chi connectivity index (χ1n) is 23.3. The number of aromatic hydroxyl groups is 1. The zero-order valence-corrected chi connectivity index (χ0v) is 35.8. The van der Waals surface area contributed by atoms with Gasteiger partial charge in [-0.1, -0.05) is 181 Å². The quantitative estimate of drug-likeness (QED) is 0.0678. The maximum Gasteiger partial charge on any atom is 0.123 e. The van der Waals surface area contributed by atoms with Crippen molar-refractivity contribution in [3.8, 4) is 11.5 Å². The normalized spacial score (nSPS) is 14.3. The van der Waals surface area contributed by atoms with Crippen LogP contribution in [0.5, 0.6) is 11.5 Å². The molecule has 0 radical (unpaired) electrons. The summed E-state index contributed by atoms with van der Waals surface area (Å²) < 4.78 is 24.2. The Hall–Kier alpha value is -1.98. The van der Waals surface area contributed by atoms with E-state index in [0.717, 1.165) is 49.5 Å². The van der Waals surface area contributed by atoms with Gasteiger partial charge in [0.15, 0.2) is 0 Å². The Morgan fingerprint density at radius 1 is 0.519 bits per heavy atom. The highest BCUT2D eigenvalue weighted by molar-refractivity contribution is 5.37. The summed E-state index contributed by atoms with van der Waals surface area (Å²) in [6.07, 6.45) is 43.3. The van der Waals surface area contributed by atoms with Crippen LogP contribution in [0, 0.1) is 5.92 Å². The maximum atomic E-state index is 10.4. The Bertz CT molecular complexity index is 1050. The van der Waals surface area contributed by atoms with E-state index in [4.69, 9.17) is 18.9 Å². The third kappa shape index (κ3) is 27.6. The van der Waals surface area contributed by atoms with Crippen LogP contribution in [-0.4, -0.2) is 38.1 Å². The number of ether oxygens (including phenoxy) is 4. The first-order chi connectivity index (χ1) is 26.6. The van der Waals surface area contributed by atoms with E-state index in [1.54, 1.807) is 12.1 Å². The molecule has 1 unspecified atom stereocenters. The summed E-state index contributed by atoms with van der Waals surface area (Å²) in [7, 11) is 0. The molecule has 5 heteroatoms. The summed E-state index contributed by atoms with van der Waals surface area (Å²) in [5, 5.41) is 10.4. The van der Waals surface area contributed by atoms with Crippen molar-refractivity contribution in [3.63, 3.8) is 0 Å². The Kier molecular flexibility index (Phi) is 31.6. The monoisotopic (exact) mass is 755 g/mol. The summed E-state index contributed by atoms with van der Waals surface area (Å²) in [5.41, 5.74) is 2.16. The van der Waals surface area contributed by atoms with Crippen molar-refractivity contribution in [2.45, 2.75) is 214 Å². The molecule has 2 rings (SSSR count). The summed E-state index contributed by atoms with van der Waals surface area (Å²) in [4.78, 5) is 0. The van der Waals surface area contributed by atoms with Gasteiger partial charge in [-0.15, -0.1) is 0 Å². The van der Waals surface area contributed by atoms with E-state index in [1.807, 2.05) is 13.0 Å². The molecule has 0 bridgehead atoms. The Labute approximate surface area is 334 Å². The zero-order chi connectivity index (χ0) is 38.6. The van der Waals surface area contributed by atoms with Crippen molar-refractivity contribution in [1.29, 1.82) is 0 Å². The fraction of sp³-hybridized carbons (Fsp3) is 0.796. The van der Waals surface area contributed by atoms with Crippen LogP contribution < -0.4 is 4.74 Å². The first-order valence-corrected chi connectivity index (χ1v) is 23.3. The number of allylic oxidation sites excluding steroid dienone is 1. The van der Waals surface area contributed by atoms with Crippen molar-refractivity contribution in [2.75, 3.05) is 33.0 Å². The molecule has 0 spiro atoms. The standard InChI is InChI=1S/C49H86O5/c1-4-7-9-11-13-15-17-19-21-23-25-27-29-31-33-53-48-37-44(41-51-6-3)35-45(38-48)42-52-43-46-36-47(50)40-49(39-46)54-34-32-30-28-26-24-22-20-18-16-14-12-10-8-5-2/h36-40,44,50H,4-35,41-43H2,1-3H3. The maximum absolute atomic E-state index is 10.4. The molecule has 0 saturated heterocycles. The van der Waals surface area contributed by atoms with E-state index in [-0.39, 0.29) is 5.75 Å². The predicted molar refractivity (Wildman–Crippen MR) is 231 cm³/mol. The van der Waals surface area contributed by atoms with Gasteiger partial charge in [-0.3, -0.25) is 0 Å². The number of phenolic OH excluding ortho intramolecular Hbond substituents is 1. The van der Waals surface area contributed by atoms with Gasteiger partial charge in [0.25, 0.3) is 0 Å². The van der Waals surface area contributed by atoms with Gasteiger partial charge in [-0.2, -0.15) is 0 Å². The SMILES string of the molecule is CCCCCCCCCCCCCCCCOC1=CC(COCC)CC(COCc2cc(O)cc(OCCCCCCCCCCCCCCCC)c2)=C1. The van der Waals surface area contributed by atoms with Crippen LogP contribution in [0.25, 0.3) is 0 Å². The van der Waals surface area contributed by atoms with Crippen molar-refractivity contribution in [1.82, 2.24) is 0 Å². The molecule has 0 heterocycles. The molecule has 1 N–H and O–H groups in total. The Balaban J connectivity index is 1.58. The molecule has 0 amide bonds. The number of hydrogen-bond acceptors (Lipinski definition) is 5. The zero-order valence-electron chi connectivity index (χ0n) is 35.8. The third-order valence-corrected chi connectivity index (χ3v) is 10.8. The second-order valence-corrected chi connectivity index (χ2v) is 16.2. The molecule has 5 nitrogen and oxygen atoms in total. The Morgan fingerprint density at radius 3 is 1.46 bits per heavy atom. The highest BCUT2D eigenvalue weighted by atomic mass is 16.5. The molecule has 312 valence electrons. The molecular formula is C49H86O5. The predicted octanol–water partition coefficient (Wildman–Crippen LogP) is 15.1. The second kappa shape index (κ2) is 35.4. The second-order valence-electron chi connectivity index (χ2n) is 16.2. The van der Waals surface area contributed by atoms with Gasteiger partial charge < -0.3 is 24.1 Å². The van der Waals surface area contributed by atoms with E-state index in [1.165, 1.54) is 173 Å². The number of unbranched alkanes of at least 4 members (excludes halogenated alkanes) is 26. The highest BCUT2D eigenvalue weighted by Crippen LogP contribution is 2.27. The van der Waals surface area contributed by atoms with Gasteiger partial charge in [0.1, 0.15) is 17.3 Å². The van der Waals surface area contributed by atoms with Crippen molar-refractivity contribution in [2.24, 2.45) is 5.92 Å². The van der Waals surface area contributed by atoms with E-state index < -0.39 is 0 Å². The van der Waals surface area contributed by atoms with Gasteiger partial charge in [-0.05, 0) is 61.6 Å². The van der Waals surface area contributed by atoms with Gasteiger partial charge in [0.05, 0.1) is 33.0 Å². The van der Waals surface area contributed by atoms with Crippen LogP contribution in [0.1, 0.15) is 213 Å². The molecule has 1 aliphatic carbocycles. The molecule has 1 aliphatic rings. The molecule has 1 aromatic carbocycles. The topological polar surface area (TPSA) is 57.2 Å². The number of hydrogen-bond donors (Lipinski definition) is 1. The molecule has 0 fully saturated rings. The largest absolute Gasteiger partial charge is 0.508 e. The van der Waals surface area contributed by atoms with Crippen LogP contribution in [0.2, 0.25) is 0 Å². The minimum Gasteiger partial charge on any atom is -0.508 e. The Morgan fingerprint density at radius 2 is 0.981 bits per heavy atom. The van der Waals surface area contributed by atoms with Crippen LogP contribution in [0.3, 0.4) is 0 Å². The lowest BCUT2D eigenvalue weighted by Gasteiger charge is -2.22. The number of benzene rings is 1. The van der Waals surface area contributed by atoms with Crippen LogP contribution in [0.15, 0.2) is 41.7 Å². The molecule has 0 aliphatic heterocycles. The molecule has 0 saturated carbocycles. The summed E-state index contributed by atoms with van der Waals surface area (Å²) in [6, 6.07) is 5.49. The number of phenols is 1. The van der Waals surface area contributed by atoms with Crippen LogP contribution in [-0.2, 0) is 20.8 Å². The minimum atomic E-state index is 0.225. The fourth-order valence-corrected chi connectivity index (χ4v) is 7.59. The van der Waals surface area contributed by atoms with E-state index >= 15 is 0 Å². The van der Waals surface area contributed by atoms with E-state index in [2.05, 4.69) is 26.0 Å². The summed E-state index contributed by atoms with van der Waals surface area (Å²) in [6.45, 7) is 10.5. The van der Waals surface area contributed by atoms with Gasteiger partial charge in [-0.25, -0.2) is 0 Å².